The minimum atomic E-state index is -3.40. The van der Waals surface area contributed by atoms with Crippen molar-refractivity contribution in [1.82, 2.24) is 9.88 Å². The highest BCUT2D eigenvalue weighted by molar-refractivity contribution is 7.92. The molecule has 5 nitrogen and oxygen atoms in total. The standard InChI is InChI=1S/C21H31N3O2S/c1-15(2)27(25,26)20-14-22-19-9-7-6-8-18(19)21(20)24-12-10-17(11-13-24)16(3)23(4)5/h6-9,14-17H,10-13H2,1-5H3. The third kappa shape index (κ3) is 3.83. The second kappa shape index (κ2) is 7.76. The lowest BCUT2D eigenvalue weighted by Crippen LogP contribution is -2.42. The first-order valence-electron chi connectivity index (χ1n) is 9.76. The Morgan fingerprint density at radius 2 is 1.74 bits per heavy atom. The Morgan fingerprint density at radius 3 is 2.33 bits per heavy atom. The Hall–Kier alpha value is -1.66. The van der Waals surface area contributed by atoms with Crippen LogP contribution in [0.1, 0.15) is 33.6 Å². The monoisotopic (exact) mass is 389 g/mol. The van der Waals surface area contributed by atoms with Crippen molar-refractivity contribution in [1.29, 1.82) is 0 Å². The smallest absolute Gasteiger partial charge is 0.184 e. The van der Waals surface area contributed by atoms with Crippen LogP contribution in [0.3, 0.4) is 0 Å². The lowest BCUT2D eigenvalue weighted by molar-refractivity contribution is 0.199. The Labute approximate surface area is 163 Å². The predicted octanol–water partition coefficient (Wildman–Crippen LogP) is 3.58. The highest BCUT2D eigenvalue weighted by atomic mass is 32.2. The molecule has 2 aromatic rings. The maximum Gasteiger partial charge on any atom is 0.184 e. The van der Waals surface area contributed by atoms with E-state index in [2.05, 4.69) is 35.8 Å². The van der Waals surface area contributed by atoms with E-state index in [0.717, 1.165) is 42.5 Å². The fourth-order valence-corrected chi connectivity index (χ4v) is 5.14. The van der Waals surface area contributed by atoms with Crippen molar-refractivity contribution in [2.24, 2.45) is 5.92 Å². The van der Waals surface area contributed by atoms with Crippen molar-refractivity contribution in [2.75, 3.05) is 32.1 Å². The summed E-state index contributed by atoms with van der Waals surface area (Å²) < 4.78 is 26.1. The lowest BCUT2D eigenvalue weighted by Gasteiger charge is -2.39. The molecule has 1 aromatic heterocycles. The minimum Gasteiger partial charge on any atom is -0.370 e. The van der Waals surface area contributed by atoms with Gasteiger partial charge in [0.1, 0.15) is 4.90 Å². The molecule has 0 N–H and O–H groups in total. The number of hydrogen-bond acceptors (Lipinski definition) is 5. The number of para-hydroxylation sites is 1. The van der Waals surface area contributed by atoms with E-state index in [1.54, 1.807) is 20.0 Å². The molecule has 1 atom stereocenters. The number of benzene rings is 1. The quantitative estimate of drug-likeness (QED) is 0.782. The van der Waals surface area contributed by atoms with E-state index in [1.807, 2.05) is 24.3 Å². The second-order valence-electron chi connectivity index (χ2n) is 8.11. The fourth-order valence-electron chi connectivity index (χ4n) is 3.92. The van der Waals surface area contributed by atoms with E-state index < -0.39 is 15.1 Å². The predicted molar refractivity (Wildman–Crippen MR) is 112 cm³/mol. The Morgan fingerprint density at radius 1 is 1.11 bits per heavy atom. The van der Waals surface area contributed by atoms with Crippen molar-refractivity contribution in [3.8, 4) is 0 Å². The molecule has 1 unspecified atom stereocenters. The van der Waals surface area contributed by atoms with Crippen molar-refractivity contribution in [3.05, 3.63) is 30.5 Å². The summed E-state index contributed by atoms with van der Waals surface area (Å²) in [7, 11) is 0.847. The molecule has 27 heavy (non-hydrogen) atoms. The van der Waals surface area contributed by atoms with E-state index in [-0.39, 0.29) is 0 Å². The minimum absolute atomic E-state index is 0.371. The molecule has 6 heteroatoms. The number of nitrogens with zero attached hydrogens (tertiary/aromatic N) is 3. The highest BCUT2D eigenvalue weighted by Gasteiger charge is 2.31. The number of rotatable bonds is 5. The van der Waals surface area contributed by atoms with Crippen molar-refractivity contribution in [3.63, 3.8) is 0 Å². The highest BCUT2D eigenvalue weighted by Crippen LogP contribution is 2.37. The average molecular weight is 390 g/mol. The summed E-state index contributed by atoms with van der Waals surface area (Å²) in [6.45, 7) is 7.49. The van der Waals surface area contributed by atoms with Crippen LogP contribution in [0.15, 0.2) is 35.4 Å². The van der Waals surface area contributed by atoms with Gasteiger partial charge in [-0.3, -0.25) is 4.98 Å². The Kier molecular flexibility index (Phi) is 5.77. The van der Waals surface area contributed by atoms with Gasteiger partial charge in [-0.05, 0) is 59.7 Å². The molecule has 0 saturated carbocycles. The molecular weight excluding hydrogens is 358 g/mol. The lowest BCUT2D eigenvalue weighted by atomic mass is 9.89. The zero-order chi connectivity index (χ0) is 19.8. The van der Waals surface area contributed by atoms with Gasteiger partial charge in [0, 0.05) is 30.7 Å². The van der Waals surface area contributed by atoms with E-state index in [4.69, 9.17) is 0 Å². The summed E-state index contributed by atoms with van der Waals surface area (Å²) in [5.74, 6) is 0.634. The van der Waals surface area contributed by atoms with Gasteiger partial charge in [-0.1, -0.05) is 18.2 Å². The van der Waals surface area contributed by atoms with Gasteiger partial charge in [0.25, 0.3) is 0 Å². The van der Waals surface area contributed by atoms with Crippen LogP contribution in [0.4, 0.5) is 5.69 Å². The normalized spacial score (nSPS) is 17.8. The molecule has 1 fully saturated rings. The van der Waals surface area contributed by atoms with Gasteiger partial charge in [0.15, 0.2) is 9.84 Å². The molecule has 0 spiro atoms. The number of anilines is 1. The van der Waals surface area contributed by atoms with Gasteiger partial charge in [-0.25, -0.2) is 8.42 Å². The molecule has 0 bridgehead atoms. The zero-order valence-corrected chi connectivity index (χ0v) is 17.8. The molecule has 1 saturated heterocycles. The molecule has 0 amide bonds. The van der Waals surface area contributed by atoms with Crippen molar-refractivity contribution >= 4 is 26.4 Å². The van der Waals surface area contributed by atoms with E-state index >= 15 is 0 Å². The van der Waals surface area contributed by atoms with Crippen LogP contribution in [0.25, 0.3) is 10.9 Å². The third-order valence-electron chi connectivity index (χ3n) is 5.99. The van der Waals surface area contributed by atoms with Crippen LogP contribution < -0.4 is 4.90 Å². The Bertz CT molecular complexity index is 901. The van der Waals surface area contributed by atoms with Gasteiger partial charge >= 0.3 is 0 Å². The van der Waals surface area contributed by atoms with Gasteiger partial charge in [0.05, 0.1) is 16.5 Å². The van der Waals surface area contributed by atoms with Crippen molar-refractivity contribution in [2.45, 2.75) is 49.8 Å². The molecule has 0 aliphatic carbocycles. The number of aromatic nitrogens is 1. The fraction of sp³-hybridized carbons (Fsp3) is 0.571. The summed E-state index contributed by atoms with van der Waals surface area (Å²) in [5.41, 5.74) is 1.68. The van der Waals surface area contributed by atoms with Crippen LogP contribution in [-0.2, 0) is 9.84 Å². The molecule has 1 aliphatic heterocycles. The van der Waals surface area contributed by atoms with Crippen LogP contribution in [0, 0.1) is 5.92 Å². The first kappa shape index (κ1) is 20.1. The second-order valence-corrected chi connectivity index (χ2v) is 10.6. The van der Waals surface area contributed by atoms with Crippen LogP contribution in [0.2, 0.25) is 0 Å². The molecule has 148 valence electrons. The van der Waals surface area contributed by atoms with Crippen LogP contribution in [0.5, 0.6) is 0 Å². The summed E-state index contributed by atoms with van der Waals surface area (Å²) in [6.07, 6.45) is 3.69. The molecular formula is C21H31N3O2S. The summed E-state index contributed by atoms with van der Waals surface area (Å²) in [6, 6.07) is 8.37. The van der Waals surface area contributed by atoms with Crippen molar-refractivity contribution < 1.29 is 8.42 Å². The van der Waals surface area contributed by atoms with E-state index in [0.29, 0.717) is 16.9 Å². The Balaban J connectivity index is 2.03. The largest absolute Gasteiger partial charge is 0.370 e. The SMILES string of the molecule is CC(C1CCN(c2c(S(=O)(=O)C(C)C)cnc3ccccc23)CC1)N(C)C. The van der Waals surface area contributed by atoms with Gasteiger partial charge < -0.3 is 9.80 Å². The number of sulfone groups is 1. The van der Waals surface area contributed by atoms with Crippen LogP contribution >= 0.6 is 0 Å². The van der Waals surface area contributed by atoms with E-state index in [1.165, 1.54) is 0 Å². The van der Waals surface area contributed by atoms with Gasteiger partial charge in [0.2, 0.25) is 0 Å². The molecule has 2 heterocycles. The first-order chi connectivity index (χ1) is 12.7. The summed E-state index contributed by atoms with van der Waals surface area (Å²) in [4.78, 5) is 9.35. The molecule has 1 aliphatic rings. The maximum atomic E-state index is 13.0. The maximum absolute atomic E-state index is 13.0. The van der Waals surface area contributed by atoms with E-state index in [9.17, 15) is 8.42 Å². The van der Waals surface area contributed by atoms with Crippen LogP contribution in [-0.4, -0.2) is 56.8 Å². The number of fused-ring (bicyclic) bond motifs is 1. The molecule has 3 rings (SSSR count). The topological polar surface area (TPSA) is 53.5 Å². The van der Waals surface area contributed by atoms with Gasteiger partial charge in [-0.15, -0.1) is 0 Å². The van der Waals surface area contributed by atoms with Gasteiger partial charge in [-0.2, -0.15) is 0 Å². The molecule has 0 radical (unpaired) electrons. The zero-order valence-electron chi connectivity index (χ0n) is 17.0. The molecule has 1 aromatic carbocycles. The number of hydrogen-bond donors (Lipinski definition) is 0. The number of pyridine rings is 1. The third-order valence-corrected chi connectivity index (χ3v) is 8.15. The summed E-state index contributed by atoms with van der Waals surface area (Å²) in [5, 5.41) is 0.462. The average Bonchev–Trinajstić information content (AvgIpc) is 2.66. The number of piperidine rings is 1. The first-order valence-corrected chi connectivity index (χ1v) is 11.3. The summed E-state index contributed by atoms with van der Waals surface area (Å²) >= 11 is 0.